The minimum absolute atomic E-state index is 0.134. The van der Waals surface area contributed by atoms with Gasteiger partial charge in [-0.2, -0.15) is 0 Å². The van der Waals surface area contributed by atoms with Gasteiger partial charge in [0.2, 0.25) is 0 Å². The minimum atomic E-state index is -0.146. The Morgan fingerprint density at radius 1 is 1.56 bits per heavy atom. The van der Waals surface area contributed by atoms with E-state index in [4.69, 9.17) is 22.7 Å². The molecule has 0 fully saturated rings. The Morgan fingerprint density at radius 2 is 2.25 bits per heavy atom. The first-order valence-corrected chi connectivity index (χ1v) is 5.56. The zero-order valence-corrected chi connectivity index (χ0v) is 10.3. The number of nitrogens with two attached hydrogens (primary N) is 1. The van der Waals surface area contributed by atoms with Gasteiger partial charge in [0, 0.05) is 18.8 Å². The SMILES string of the molecule is CCOCCn1c(C)ccc(C(N)=S)c1=O. The first-order valence-electron chi connectivity index (χ1n) is 5.16. The van der Waals surface area contributed by atoms with Gasteiger partial charge in [-0.05, 0) is 26.0 Å². The van der Waals surface area contributed by atoms with Crippen molar-refractivity contribution in [2.75, 3.05) is 13.2 Å². The summed E-state index contributed by atoms with van der Waals surface area (Å²) in [5.74, 6) is 0. The molecule has 1 aromatic heterocycles. The topological polar surface area (TPSA) is 57.2 Å². The number of hydrogen-bond donors (Lipinski definition) is 1. The second kappa shape index (κ2) is 5.77. The molecule has 0 spiro atoms. The van der Waals surface area contributed by atoms with E-state index in [9.17, 15) is 4.79 Å². The molecule has 0 aliphatic carbocycles. The molecule has 0 saturated heterocycles. The molecule has 5 heteroatoms. The molecule has 0 radical (unpaired) electrons. The monoisotopic (exact) mass is 240 g/mol. The van der Waals surface area contributed by atoms with Crippen LogP contribution in [0.5, 0.6) is 0 Å². The highest BCUT2D eigenvalue weighted by atomic mass is 32.1. The molecule has 0 aliphatic heterocycles. The normalized spacial score (nSPS) is 10.4. The van der Waals surface area contributed by atoms with Gasteiger partial charge in [-0.15, -0.1) is 0 Å². The molecule has 0 unspecified atom stereocenters. The van der Waals surface area contributed by atoms with E-state index in [-0.39, 0.29) is 10.5 Å². The van der Waals surface area contributed by atoms with Gasteiger partial charge in [-0.1, -0.05) is 12.2 Å². The van der Waals surface area contributed by atoms with Gasteiger partial charge in [0.15, 0.2) is 0 Å². The van der Waals surface area contributed by atoms with Crippen LogP contribution in [-0.2, 0) is 11.3 Å². The average Bonchev–Trinajstić information content (AvgIpc) is 2.22. The largest absolute Gasteiger partial charge is 0.389 e. The number of aryl methyl sites for hydroxylation is 1. The second-order valence-electron chi connectivity index (χ2n) is 3.41. The van der Waals surface area contributed by atoms with Crippen molar-refractivity contribution in [1.29, 1.82) is 0 Å². The summed E-state index contributed by atoms with van der Waals surface area (Å²) in [4.78, 5) is 12.1. The number of aromatic nitrogens is 1. The smallest absolute Gasteiger partial charge is 0.261 e. The van der Waals surface area contributed by atoms with Gasteiger partial charge in [0.1, 0.15) is 4.99 Å². The lowest BCUT2D eigenvalue weighted by Crippen LogP contribution is -2.31. The number of hydrogen-bond acceptors (Lipinski definition) is 3. The van der Waals surface area contributed by atoms with Gasteiger partial charge in [-0.25, -0.2) is 0 Å². The summed E-state index contributed by atoms with van der Waals surface area (Å²) < 4.78 is 6.85. The molecule has 0 atom stereocenters. The number of nitrogens with zero attached hydrogens (tertiary/aromatic N) is 1. The maximum absolute atomic E-state index is 12.0. The summed E-state index contributed by atoms with van der Waals surface area (Å²) in [7, 11) is 0. The van der Waals surface area contributed by atoms with E-state index in [1.54, 1.807) is 10.6 Å². The molecule has 0 aromatic carbocycles. The molecule has 0 aliphatic rings. The van der Waals surface area contributed by atoms with E-state index in [0.29, 0.717) is 25.3 Å². The summed E-state index contributed by atoms with van der Waals surface area (Å²) >= 11 is 4.82. The van der Waals surface area contributed by atoms with Crippen molar-refractivity contribution in [3.63, 3.8) is 0 Å². The second-order valence-corrected chi connectivity index (χ2v) is 3.85. The van der Waals surface area contributed by atoms with Crippen LogP contribution in [0.2, 0.25) is 0 Å². The van der Waals surface area contributed by atoms with Crippen LogP contribution < -0.4 is 11.3 Å². The Hall–Kier alpha value is -1.20. The van der Waals surface area contributed by atoms with Crippen LogP contribution in [0, 0.1) is 6.92 Å². The van der Waals surface area contributed by atoms with Crippen molar-refractivity contribution in [3.8, 4) is 0 Å². The summed E-state index contributed by atoms with van der Waals surface area (Å²) in [6, 6.07) is 3.50. The van der Waals surface area contributed by atoms with Crippen molar-refractivity contribution >= 4 is 17.2 Å². The van der Waals surface area contributed by atoms with E-state index >= 15 is 0 Å². The average molecular weight is 240 g/mol. The van der Waals surface area contributed by atoms with E-state index in [1.165, 1.54) is 0 Å². The quantitative estimate of drug-likeness (QED) is 0.612. The molecule has 2 N–H and O–H groups in total. The van der Waals surface area contributed by atoms with Crippen LogP contribution in [0.3, 0.4) is 0 Å². The van der Waals surface area contributed by atoms with E-state index in [2.05, 4.69) is 0 Å². The number of thiocarbonyl (C=S) groups is 1. The molecule has 1 rings (SSSR count). The summed E-state index contributed by atoms with van der Waals surface area (Å²) in [6.45, 7) is 5.47. The lowest BCUT2D eigenvalue weighted by atomic mass is 10.2. The Kier molecular flexibility index (Phi) is 4.64. The third-order valence-electron chi connectivity index (χ3n) is 2.32. The van der Waals surface area contributed by atoms with Gasteiger partial charge in [0.25, 0.3) is 5.56 Å². The summed E-state index contributed by atoms with van der Waals surface area (Å²) in [5.41, 5.74) is 6.59. The lowest BCUT2D eigenvalue weighted by Gasteiger charge is -2.11. The predicted octanol–water partition coefficient (Wildman–Crippen LogP) is 0.827. The highest BCUT2D eigenvalue weighted by Crippen LogP contribution is 1.99. The maximum atomic E-state index is 12.0. The van der Waals surface area contributed by atoms with Gasteiger partial charge in [0.05, 0.1) is 12.2 Å². The molecule has 0 bridgehead atoms. The van der Waals surface area contributed by atoms with Gasteiger partial charge >= 0.3 is 0 Å². The highest BCUT2D eigenvalue weighted by molar-refractivity contribution is 7.80. The number of pyridine rings is 1. The minimum Gasteiger partial charge on any atom is -0.389 e. The zero-order valence-electron chi connectivity index (χ0n) is 9.53. The molecule has 88 valence electrons. The zero-order chi connectivity index (χ0) is 12.1. The standard InChI is InChI=1S/C11H16N2O2S/c1-3-15-7-6-13-8(2)4-5-9(10(12)16)11(13)14/h4-5H,3,6-7H2,1-2H3,(H2,12,16). The summed E-state index contributed by atoms with van der Waals surface area (Å²) in [6.07, 6.45) is 0. The molecule has 16 heavy (non-hydrogen) atoms. The highest BCUT2D eigenvalue weighted by Gasteiger charge is 2.07. The van der Waals surface area contributed by atoms with Crippen molar-refractivity contribution in [2.24, 2.45) is 5.73 Å². The molecule has 0 saturated carbocycles. The Labute approximate surface area is 100 Å². The van der Waals surface area contributed by atoms with Crippen LogP contribution in [-0.4, -0.2) is 22.8 Å². The Bertz CT molecular complexity index is 440. The molecule has 4 nitrogen and oxygen atoms in total. The third-order valence-corrected chi connectivity index (χ3v) is 2.54. The van der Waals surface area contributed by atoms with Crippen LogP contribution >= 0.6 is 12.2 Å². The lowest BCUT2D eigenvalue weighted by molar-refractivity contribution is 0.138. The molecular weight excluding hydrogens is 224 g/mol. The van der Waals surface area contributed by atoms with Crippen LogP contribution in [0.4, 0.5) is 0 Å². The summed E-state index contributed by atoms with van der Waals surface area (Å²) in [5, 5.41) is 0. The van der Waals surface area contributed by atoms with Crippen LogP contribution in [0.1, 0.15) is 18.2 Å². The third kappa shape index (κ3) is 2.90. The fraction of sp³-hybridized carbons (Fsp3) is 0.455. The van der Waals surface area contributed by atoms with Crippen LogP contribution in [0.15, 0.2) is 16.9 Å². The van der Waals surface area contributed by atoms with Crippen molar-refractivity contribution in [3.05, 3.63) is 33.7 Å². The molecule has 1 aromatic rings. The number of rotatable bonds is 5. The Balaban J connectivity index is 3.02. The fourth-order valence-electron chi connectivity index (χ4n) is 1.44. The van der Waals surface area contributed by atoms with Crippen LogP contribution in [0.25, 0.3) is 0 Å². The van der Waals surface area contributed by atoms with E-state index in [0.717, 1.165) is 5.69 Å². The Morgan fingerprint density at radius 3 is 2.81 bits per heavy atom. The number of ether oxygens (including phenoxy) is 1. The van der Waals surface area contributed by atoms with E-state index in [1.807, 2.05) is 19.9 Å². The van der Waals surface area contributed by atoms with Crippen molar-refractivity contribution in [1.82, 2.24) is 4.57 Å². The molecule has 0 amide bonds. The first-order chi connectivity index (χ1) is 7.57. The predicted molar refractivity (Wildman–Crippen MR) is 67.8 cm³/mol. The van der Waals surface area contributed by atoms with E-state index < -0.39 is 0 Å². The van der Waals surface area contributed by atoms with Gasteiger partial charge < -0.3 is 15.0 Å². The maximum Gasteiger partial charge on any atom is 0.261 e. The molecule has 1 heterocycles. The fourth-order valence-corrected chi connectivity index (χ4v) is 1.59. The van der Waals surface area contributed by atoms with Crippen molar-refractivity contribution in [2.45, 2.75) is 20.4 Å². The first kappa shape index (κ1) is 12.9. The molecular formula is C11H16N2O2S. The van der Waals surface area contributed by atoms with Crippen molar-refractivity contribution < 1.29 is 4.74 Å². The van der Waals surface area contributed by atoms with Gasteiger partial charge in [-0.3, -0.25) is 4.79 Å².